The van der Waals surface area contributed by atoms with Crippen molar-refractivity contribution in [3.8, 4) is 0 Å². The summed E-state index contributed by atoms with van der Waals surface area (Å²) >= 11 is 3.05. The van der Waals surface area contributed by atoms with Crippen molar-refractivity contribution in [2.75, 3.05) is 6.61 Å². The molecule has 0 spiro atoms. The smallest absolute Gasteiger partial charge is 0.230 e. The molecule has 0 unspecified atom stereocenters. The molecule has 1 heterocycles. The second kappa shape index (κ2) is 4.78. The molecule has 0 fully saturated rings. The van der Waals surface area contributed by atoms with Crippen LogP contribution in [0.5, 0.6) is 0 Å². The predicted molar refractivity (Wildman–Crippen MR) is 61.7 cm³/mol. The quantitative estimate of drug-likeness (QED) is 0.778. The molecule has 0 atom stereocenters. The molecule has 1 aliphatic heterocycles. The first-order chi connectivity index (χ1) is 7.70. The van der Waals surface area contributed by atoms with E-state index in [2.05, 4.69) is 15.9 Å². The molecule has 1 aromatic carbocycles. The molecule has 16 heavy (non-hydrogen) atoms. The summed E-state index contributed by atoms with van der Waals surface area (Å²) in [7, 11) is 0. The highest BCUT2D eigenvalue weighted by Gasteiger charge is 2.20. The number of hydrogen-bond donors (Lipinski definition) is 0. The lowest BCUT2D eigenvalue weighted by molar-refractivity contribution is 0.0895. The Labute approximate surface area is 101 Å². The number of carbonyl (C=O) groups excluding carboxylic acids is 1. The Kier molecular flexibility index (Phi) is 3.39. The monoisotopic (exact) mass is 284 g/mol. The van der Waals surface area contributed by atoms with Crippen LogP contribution in [0.3, 0.4) is 0 Å². The fraction of sp³-hybridized carbons (Fsp3) is 0.250. The first-order valence-electron chi connectivity index (χ1n) is 5.02. The van der Waals surface area contributed by atoms with Gasteiger partial charge in [0, 0.05) is 0 Å². The van der Waals surface area contributed by atoms with Gasteiger partial charge in [-0.1, -0.05) is 6.07 Å². The van der Waals surface area contributed by atoms with Crippen LogP contribution in [0.4, 0.5) is 4.39 Å². The molecular formula is C12H10BrFO2. The summed E-state index contributed by atoms with van der Waals surface area (Å²) < 4.78 is 19.2. The number of rotatable bonds is 2. The highest BCUT2D eigenvalue weighted by molar-refractivity contribution is 9.10. The normalized spacial score (nSPS) is 15.2. The average molecular weight is 285 g/mol. The van der Waals surface area contributed by atoms with Crippen LogP contribution < -0.4 is 0 Å². The molecule has 0 aromatic heterocycles. The maximum atomic E-state index is 13.7. The lowest BCUT2D eigenvalue weighted by Gasteiger charge is -2.14. The topological polar surface area (TPSA) is 26.3 Å². The summed E-state index contributed by atoms with van der Waals surface area (Å²) in [6.07, 6.45) is 3.42. The zero-order chi connectivity index (χ0) is 11.5. The van der Waals surface area contributed by atoms with E-state index in [1.54, 1.807) is 18.2 Å². The third-order valence-corrected chi connectivity index (χ3v) is 2.97. The van der Waals surface area contributed by atoms with E-state index in [0.29, 0.717) is 6.61 Å². The number of ether oxygens (including phenoxy) is 1. The fourth-order valence-corrected chi connectivity index (χ4v) is 1.89. The maximum Gasteiger partial charge on any atom is 0.230 e. The third kappa shape index (κ3) is 2.16. The van der Waals surface area contributed by atoms with Gasteiger partial charge in [0.25, 0.3) is 0 Å². The molecule has 4 heteroatoms. The van der Waals surface area contributed by atoms with Gasteiger partial charge in [-0.2, -0.15) is 0 Å². The van der Waals surface area contributed by atoms with E-state index in [-0.39, 0.29) is 15.8 Å². The van der Waals surface area contributed by atoms with Crippen LogP contribution in [0.25, 0.3) is 0 Å². The van der Waals surface area contributed by atoms with Gasteiger partial charge < -0.3 is 4.74 Å². The molecule has 0 amide bonds. The fourth-order valence-electron chi connectivity index (χ4n) is 1.53. The SMILES string of the molecule is O=C(C1=CCCCO1)c1cccc(Br)c1F. The molecule has 84 valence electrons. The number of carbonyl (C=O) groups is 1. The number of hydrogen-bond acceptors (Lipinski definition) is 2. The molecule has 2 nitrogen and oxygen atoms in total. The highest BCUT2D eigenvalue weighted by atomic mass is 79.9. The van der Waals surface area contributed by atoms with Crippen LogP contribution in [0.15, 0.2) is 34.5 Å². The Hall–Kier alpha value is -1.16. The Morgan fingerprint density at radius 1 is 1.44 bits per heavy atom. The van der Waals surface area contributed by atoms with E-state index < -0.39 is 11.6 Å². The molecule has 1 aromatic rings. The molecule has 0 aliphatic carbocycles. The number of ketones is 1. The van der Waals surface area contributed by atoms with Crippen molar-refractivity contribution in [2.45, 2.75) is 12.8 Å². The highest BCUT2D eigenvalue weighted by Crippen LogP contribution is 2.22. The van der Waals surface area contributed by atoms with Gasteiger partial charge in [0.2, 0.25) is 5.78 Å². The summed E-state index contributed by atoms with van der Waals surface area (Å²) in [5.74, 6) is -0.677. The maximum absolute atomic E-state index is 13.7. The third-order valence-electron chi connectivity index (χ3n) is 2.36. The van der Waals surface area contributed by atoms with Crippen molar-refractivity contribution in [3.05, 3.63) is 45.9 Å². The second-order valence-corrected chi connectivity index (χ2v) is 4.34. The summed E-state index contributed by atoms with van der Waals surface area (Å²) in [5.41, 5.74) is 0.0440. The molecule has 2 rings (SSSR count). The minimum Gasteiger partial charge on any atom is -0.490 e. The van der Waals surface area contributed by atoms with Gasteiger partial charge in [0.1, 0.15) is 5.82 Å². The molecular weight excluding hydrogens is 275 g/mol. The minimum atomic E-state index is -0.539. The van der Waals surface area contributed by atoms with Crippen molar-refractivity contribution >= 4 is 21.7 Å². The number of allylic oxidation sites excluding steroid dienone is 2. The summed E-state index contributed by atoms with van der Waals surface area (Å²) in [6, 6.07) is 4.65. The average Bonchev–Trinajstić information content (AvgIpc) is 2.33. The van der Waals surface area contributed by atoms with E-state index in [1.807, 2.05) is 0 Å². The summed E-state index contributed by atoms with van der Waals surface area (Å²) in [6.45, 7) is 0.521. The van der Waals surface area contributed by atoms with Gasteiger partial charge >= 0.3 is 0 Å². The van der Waals surface area contributed by atoms with E-state index in [0.717, 1.165) is 12.8 Å². The standard InChI is InChI=1S/C12H10BrFO2/c13-9-5-3-4-8(11(9)14)12(15)10-6-1-2-7-16-10/h3-6H,1-2,7H2. The molecule has 0 bridgehead atoms. The first-order valence-corrected chi connectivity index (χ1v) is 5.81. The van der Waals surface area contributed by atoms with Gasteiger partial charge in [-0.3, -0.25) is 4.79 Å². The molecule has 0 radical (unpaired) electrons. The van der Waals surface area contributed by atoms with Crippen molar-refractivity contribution in [1.29, 1.82) is 0 Å². The Morgan fingerprint density at radius 2 is 2.25 bits per heavy atom. The van der Waals surface area contributed by atoms with E-state index in [4.69, 9.17) is 4.74 Å². The number of Topliss-reactive ketones (excluding diaryl/α,β-unsaturated/α-hetero) is 1. The van der Waals surface area contributed by atoms with Crippen LogP contribution in [0.2, 0.25) is 0 Å². The van der Waals surface area contributed by atoms with Crippen LogP contribution >= 0.6 is 15.9 Å². The lowest BCUT2D eigenvalue weighted by Crippen LogP contribution is -2.12. The van der Waals surface area contributed by atoms with Crippen LogP contribution in [-0.4, -0.2) is 12.4 Å². The Balaban J connectivity index is 2.33. The van der Waals surface area contributed by atoms with E-state index in [1.165, 1.54) is 6.07 Å². The van der Waals surface area contributed by atoms with Gasteiger partial charge in [0.05, 0.1) is 16.6 Å². The number of halogens is 2. The van der Waals surface area contributed by atoms with Crippen molar-refractivity contribution < 1.29 is 13.9 Å². The molecule has 0 saturated carbocycles. The van der Waals surface area contributed by atoms with Crippen molar-refractivity contribution in [1.82, 2.24) is 0 Å². The largest absolute Gasteiger partial charge is 0.490 e. The zero-order valence-electron chi connectivity index (χ0n) is 8.50. The van der Waals surface area contributed by atoms with Gasteiger partial charge in [-0.15, -0.1) is 0 Å². The van der Waals surface area contributed by atoms with Crippen molar-refractivity contribution in [3.63, 3.8) is 0 Å². The van der Waals surface area contributed by atoms with Gasteiger partial charge in [-0.25, -0.2) is 4.39 Å². The van der Waals surface area contributed by atoms with Crippen LogP contribution in [0.1, 0.15) is 23.2 Å². The predicted octanol–water partition coefficient (Wildman–Crippen LogP) is 3.47. The molecule has 1 aliphatic rings. The van der Waals surface area contributed by atoms with Crippen LogP contribution in [-0.2, 0) is 4.74 Å². The summed E-state index contributed by atoms with van der Waals surface area (Å²) in [5, 5.41) is 0. The van der Waals surface area contributed by atoms with E-state index >= 15 is 0 Å². The minimum absolute atomic E-state index is 0.0440. The van der Waals surface area contributed by atoms with Gasteiger partial charge in [-0.05, 0) is 47.0 Å². The second-order valence-electron chi connectivity index (χ2n) is 3.49. The number of benzene rings is 1. The zero-order valence-corrected chi connectivity index (χ0v) is 10.1. The first kappa shape index (κ1) is 11.3. The van der Waals surface area contributed by atoms with E-state index in [9.17, 15) is 9.18 Å². The Morgan fingerprint density at radius 3 is 2.94 bits per heavy atom. The van der Waals surface area contributed by atoms with Gasteiger partial charge in [0.15, 0.2) is 5.76 Å². The lowest BCUT2D eigenvalue weighted by atomic mass is 10.1. The summed E-state index contributed by atoms with van der Waals surface area (Å²) in [4.78, 5) is 11.9. The molecule has 0 saturated heterocycles. The Bertz CT molecular complexity index is 454. The van der Waals surface area contributed by atoms with Crippen LogP contribution in [0, 0.1) is 5.82 Å². The molecule has 0 N–H and O–H groups in total. The van der Waals surface area contributed by atoms with Crippen molar-refractivity contribution in [2.24, 2.45) is 0 Å².